The van der Waals surface area contributed by atoms with Gasteiger partial charge in [-0.1, -0.05) is 25.3 Å². The van der Waals surface area contributed by atoms with Crippen molar-refractivity contribution in [2.45, 2.75) is 63.3 Å². The average molecular weight is 357 g/mol. The quantitative estimate of drug-likeness (QED) is 0.891. The number of carbonyl (C=O) groups excluding carboxylic acids is 1. The number of likely N-dealkylation sites (tertiary alicyclic amines) is 1. The molecule has 130 valence electrons. The van der Waals surface area contributed by atoms with Gasteiger partial charge in [-0.3, -0.25) is 4.79 Å². The molecule has 1 saturated heterocycles. The zero-order valence-electron chi connectivity index (χ0n) is 14.0. The van der Waals surface area contributed by atoms with E-state index in [1.807, 2.05) is 0 Å². The Labute approximate surface area is 150 Å². The molecule has 5 heteroatoms. The van der Waals surface area contributed by atoms with E-state index in [0.717, 1.165) is 38.8 Å². The van der Waals surface area contributed by atoms with Crippen LogP contribution in [0.25, 0.3) is 0 Å². The van der Waals surface area contributed by atoms with Gasteiger partial charge in [0.25, 0.3) is 0 Å². The predicted molar refractivity (Wildman–Crippen MR) is 99.3 cm³/mol. The van der Waals surface area contributed by atoms with Crippen molar-refractivity contribution >= 4 is 29.7 Å². The van der Waals surface area contributed by atoms with Crippen molar-refractivity contribution in [2.75, 3.05) is 13.1 Å². The van der Waals surface area contributed by atoms with Crippen LogP contribution in [0.5, 0.6) is 0 Å². The Balaban J connectivity index is 0.00000192. The lowest BCUT2D eigenvalue weighted by molar-refractivity contribution is -0.140. The molecule has 2 unspecified atom stereocenters. The topological polar surface area (TPSA) is 46.3 Å². The maximum Gasteiger partial charge on any atom is 0.234 e. The Kier molecular flexibility index (Phi) is 6.52. The Bertz CT molecular complexity index is 497. The fourth-order valence-electron chi connectivity index (χ4n) is 4.20. The summed E-state index contributed by atoms with van der Waals surface area (Å²) >= 11 is 1.76. The molecule has 1 saturated carbocycles. The van der Waals surface area contributed by atoms with Gasteiger partial charge in [-0.15, -0.1) is 23.7 Å². The van der Waals surface area contributed by atoms with Crippen molar-refractivity contribution in [2.24, 2.45) is 11.7 Å². The fraction of sp³-hybridized carbons (Fsp3) is 0.722. The first kappa shape index (κ1) is 18.8. The maximum absolute atomic E-state index is 13.4. The molecule has 0 aromatic carbocycles. The lowest BCUT2D eigenvalue weighted by atomic mass is 9.71. The van der Waals surface area contributed by atoms with Crippen LogP contribution < -0.4 is 5.73 Å². The van der Waals surface area contributed by atoms with E-state index in [-0.39, 0.29) is 23.9 Å². The van der Waals surface area contributed by atoms with Crippen molar-refractivity contribution in [3.63, 3.8) is 0 Å². The van der Waals surface area contributed by atoms with Crippen molar-refractivity contribution in [3.05, 3.63) is 22.4 Å². The van der Waals surface area contributed by atoms with E-state index in [9.17, 15) is 4.79 Å². The standard InChI is InChI=1S/C18H28N2OS.ClH/c1-14(19)15-7-5-11-20(13-15)17(21)18(9-3-2-4-10-18)16-8-6-12-22-16;/h6,8,12,14-15H,2-5,7,9-11,13,19H2,1H3;1H. The van der Waals surface area contributed by atoms with Crippen LogP contribution in [-0.4, -0.2) is 29.9 Å². The van der Waals surface area contributed by atoms with E-state index in [1.165, 1.54) is 24.1 Å². The lowest BCUT2D eigenvalue weighted by Crippen LogP contribution is -2.52. The Morgan fingerprint density at radius 3 is 2.70 bits per heavy atom. The molecule has 0 radical (unpaired) electrons. The number of rotatable bonds is 3. The summed E-state index contributed by atoms with van der Waals surface area (Å²) < 4.78 is 0. The smallest absolute Gasteiger partial charge is 0.234 e. The second-order valence-corrected chi connectivity index (χ2v) is 8.08. The minimum Gasteiger partial charge on any atom is -0.342 e. The normalized spacial score (nSPS) is 25.5. The first-order valence-electron chi connectivity index (χ1n) is 8.72. The van der Waals surface area contributed by atoms with Crippen LogP contribution >= 0.6 is 23.7 Å². The maximum atomic E-state index is 13.4. The van der Waals surface area contributed by atoms with Crippen LogP contribution in [0, 0.1) is 5.92 Å². The molecule has 0 spiro atoms. The molecular formula is C18H29ClN2OS. The highest BCUT2D eigenvalue weighted by molar-refractivity contribution is 7.10. The van der Waals surface area contributed by atoms with Gasteiger partial charge in [-0.2, -0.15) is 0 Å². The average Bonchev–Trinajstić information content (AvgIpc) is 3.10. The van der Waals surface area contributed by atoms with Gasteiger partial charge in [-0.25, -0.2) is 0 Å². The molecule has 1 aliphatic heterocycles. The molecule has 0 bridgehead atoms. The van der Waals surface area contributed by atoms with Gasteiger partial charge in [0.05, 0.1) is 5.41 Å². The highest BCUT2D eigenvalue weighted by Gasteiger charge is 2.45. The highest BCUT2D eigenvalue weighted by Crippen LogP contribution is 2.43. The number of amides is 1. The third-order valence-electron chi connectivity index (χ3n) is 5.60. The number of nitrogens with zero attached hydrogens (tertiary/aromatic N) is 1. The fourth-order valence-corrected chi connectivity index (χ4v) is 5.18. The van der Waals surface area contributed by atoms with Crippen molar-refractivity contribution in [1.29, 1.82) is 0 Å². The van der Waals surface area contributed by atoms with E-state index in [4.69, 9.17) is 5.73 Å². The van der Waals surface area contributed by atoms with Crippen LogP contribution in [0.3, 0.4) is 0 Å². The van der Waals surface area contributed by atoms with Gasteiger partial charge in [0.1, 0.15) is 0 Å². The molecule has 2 N–H and O–H groups in total. The predicted octanol–water partition coefficient (Wildman–Crippen LogP) is 3.96. The molecule has 3 rings (SSSR count). The van der Waals surface area contributed by atoms with Crippen molar-refractivity contribution in [1.82, 2.24) is 4.90 Å². The molecule has 1 aromatic rings. The van der Waals surface area contributed by atoms with Gasteiger partial charge < -0.3 is 10.6 Å². The summed E-state index contributed by atoms with van der Waals surface area (Å²) in [5, 5.41) is 2.11. The molecule has 2 fully saturated rings. The van der Waals surface area contributed by atoms with Gasteiger partial charge in [0.15, 0.2) is 0 Å². The van der Waals surface area contributed by atoms with Gasteiger partial charge in [0.2, 0.25) is 5.91 Å². The highest BCUT2D eigenvalue weighted by atomic mass is 35.5. The first-order chi connectivity index (χ1) is 10.6. The zero-order valence-corrected chi connectivity index (χ0v) is 15.6. The number of nitrogens with two attached hydrogens (primary N) is 1. The van der Waals surface area contributed by atoms with Crippen LogP contribution in [0.1, 0.15) is 56.7 Å². The van der Waals surface area contributed by atoms with Gasteiger partial charge in [0, 0.05) is 24.0 Å². The molecule has 1 aliphatic carbocycles. The minimum atomic E-state index is -0.244. The summed E-state index contributed by atoms with van der Waals surface area (Å²) in [6.07, 6.45) is 7.91. The van der Waals surface area contributed by atoms with E-state index >= 15 is 0 Å². The summed E-state index contributed by atoms with van der Waals surface area (Å²) in [6, 6.07) is 4.44. The third-order valence-corrected chi connectivity index (χ3v) is 6.67. The Hall–Kier alpha value is -0.580. The number of thiophene rings is 1. The van der Waals surface area contributed by atoms with E-state index in [1.54, 1.807) is 11.3 Å². The lowest BCUT2D eigenvalue weighted by Gasteiger charge is -2.43. The second kappa shape index (κ2) is 8.00. The Morgan fingerprint density at radius 1 is 1.35 bits per heavy atom. The van der Waals surface area contributed by atoms with Crippen LogP contribution in [0.4, 0.5) is 0 Å². The molecule has 1 amide bonds. The van der Waals surface area contributed by atoms with E-state index in [2.05, 4.69) is 29.3 Å². The minimum absolute atomic E-state index is 0. The Morgan fingerprint density at radius 2 is 2.09 bits per heavy atom. The summed E-state index contributed by atoms with van der Waals surface area (Å²) in [5.74, 6) is 0.835. The molecule has 2 aliphatic rings. The third kappa shape index (κ3) is 3.75. The number of hydrogen-bond donors (Lipinski definition) is 1. The summed E-state index contributed by atoms with van der Waals surface area (Å²) in [4.78, 5) is 16.8. The van der Waals surface area contributed by atoms with Gasteiger partial charge >= 0.3 is 0 Å². The van der Waals surface area contributed by atoms with Crippen LogP contribution in [-0.2, 0) is 10.2 Å². The largest absolute Gasteiger partial charge is 0.342 e. The van der Waals surface area contributed by atoms with E-state index in [0.29, 0.717) is 11.8 Å². The molecular weight excluding hydrogens is 328 g/mol. The molecule has 2 atom stereocenters. The number of piperidine rings is 1. The van der Waals surface area contributed by atoms with Crippen molar-refractivity contribution in [3.8, 4) is 0 Å². The van der Waals surface area contributed by atoms with Crippen molar-refractivity contribution < 1.29 is 4.79 Å². The summed E-state index contributed by atoms with van der Waals surface area (Å²) in [7, 11) is 0. The first-order valence-corrected chi connectivity index (χ1v) is 9.60. The molecule has 3 nitrogen and oxygen atoms in total. The SMILES string of the molecule is CC(N)C1CCCN(C(=O)C2(c3cccs3)CCCCC2)C1.Cl. The number of hydrogen-bond acceptors (Lipinski definition) is 3. The summed E-state index contributed by atoms with van der Waals surface area (Å²) in [6.45, 7) is 3.84. The molecule has 1 aromatic heterocycles. The zero-order chi connectivity index (χ0) is 15.6. The number of halogens is 1. The molecule has 23 heavy (non-hydrogen) atoms. The van der Waals surface area contributed by atoms with Gasteiger partial charge in [-0.05, 0) is 50.0 Å². The monoisotopic (exact) mass is 356 g/mol. The van der Waals surface area contributed by atoms with Crippen LogP contribution in [0.2, 0.25) is 0 Å². The second-order valence-electron chi connectivity index (χ2n) is 7.13. The summed E-state index contributed by atoms with van der Waals surface area (Å²) in [5.41, 5.74) is 5.86. The van der Waals surface area contributed by atoms with Crippen LogP contribution in [0.15, 0.2) is 17.5 Å². The molecule has 2 heterocycles. The van der Waals surface area contributed by atoms with E-state index < -0.39 is 0 Å². The number of carbonyl (C=O) groups is 1.